The molecule has 35 heavy (non-hydrogen) atoms. The van der Waals surface area contributed by atoms with Crippen molar-refractivity contribution in [3.05, 3.63) is 35.4 Å². The molecule has 0 radical (unpaired) electrons. The van der Waals surface area contributed by atoms with E-state index in [4.69, 9.17) is 18.9 Å². The van der Waals surface area contributed by atoms with Crippen LogP contribution in [0.1, 0.15) is 95.4 Å². The van der Waals surface area contributed by atoms with Gasteiger partial charge in [0, 0.05) is 26.4 Å². The molecule has 5 atom stereocenters. The molecule has 1 saturated heterocycles. The van der Waals surface area contributed by atoms with Crippen molar-refractivity contribution >= 4 is 11.8 Å². The third-order valence-electron chi connectivity index (χ3n) is 6.44. The number of unbranched alkanes of at least 4 members (excludes halogenated alkanes) is 4. The Morgan fingerprint density at radius 3 is 1.91 bits per heavy atom. The summed E-state index contributed by atoms with van der Waals surface area (Å²) in [5.41, 5.74) is 2.11. The average molecular weight is 511 g/mol. The highest BCUT2D eigenvalue weighted by atomic mass is 32.2. The Morgan fingerprint density at radius 1 is 0.743 bits per heavy atom. The van der Waals surface area contributed by atoms with E-state index in [2.05, 4.69) is 39.8 Å². The topological polar surface area (TPSA) is 57.2 Å². The van der Waals surface area contributed by atoms with Crippen LogP contribution in [0.15, 0.2) is 24.3 Å². The Bertz CT molecular complexity index is 658. The molecule has 1 aliphatic heterocycles. The highest BCUT2D eigenvalue weighted by Crippen LogP contribution is 2.47. The van der Waals surface area contributed by atoms with Gasteiger partial charge in [-0.25, -0.2) is 0 Å². The quantitative estimate of drug-likeness (QED) is 0.209. The van der Waals surface area contributed by atoms with E-state index in [1.54, 1.807) is 0 Å². The SMILES string of the molecule is CCCCOC[C@H]1S[C@@H](c2cccc(CO)c2)[C@H](OCCCC)[C@@H](OCCCC)[C@@H]1OCCCC. The Hall–Kier alpha value is -0.630. The van der Waals surface area contributed by atoms with Crippen LogP contribution in [0.2, 0.25) is 0 Å². The first kappa shape index (κ1) is 30.6. The molecule has 2 rings (SSSR count). The minimum Gasteiger partial charge on any atom is -0.392 e. The van der Waals surface area contributed by atoms with Crippen molar-refractivity contribution in [2.24, 2.45) is 0 Å². The van der Waals surface area contributed by atoms with E-state index in [0.29, 0.717) is 19.8 Å². The lowest BCUT2D eigenvalue weighted by atomic mass is 9.95. The second-order valence-corrected chi connectivity index (χ2v) is 10.9. The zero-order chi connectivity index (χ0) is 25.3. The monoisotopic (exact) mass is 510 g/mol. The molecule has 0 bridgehead atoms. The zero-order valence-electron chi connectivity index (χ0n) is 22.6. The molecule has 202 valence electrons. The first-order chi connectivity index (χ1) is 17.2. The van der Waals surface area contributed by atoms with Crippen molar-refractivity contribution < 1.29 is 24.1 Å². The van der Waals surface area contributed by atoms with E-state index in [-0.39, 0.29) is 35.4 Å². The van der Waals surface area contributed by atoms with Crippen LogP contribution in [0, 0.1) is 0 Å². The van der Waals surface area contributed by atoms with Gasteiger partial charge in [-0.2, -0.15) is 0 Å². The Morgan fingerprint density at radius 2 is 1.31 bits per heavy atom. The van der Waals surface area contributed by atoms with Crippen molar-refractivity contribution in [1.82, 2.24) is 0 Å². The summed E-state index contributed by atoms with van der Waals surface area (Å²) >= 11 is 1.90. The predicted octanol–water partition coefficient (Wildman–Crippen LogP) is 6.71. The fourth-order valence-electron chi connectivity index (χ4n) is 4.30. The van der Waals surface area contributed by atoms with E-state index < -0.39 is 0 Å². The fourth-order valence-corrected chi connectivity index (χ4v) is 5.93. The molecule has 5 nitrogen and oxygen atoms in total. The second-order valence-electron chi connectivity index (χ2n) is 9.49. The molecule has 0 spiro atoms. The Labute approximate surface area is 218 Å². The minimum atomic E-state index is -0.154. The molecular formula is C29H50O5S. The maximum Gasteiger partial charge on any atom is 0.112 e. The number of aliphatic hydroxyl groups excluding tert-OH is 1. The van der Waals surface area contributed by atoms with Crippen molar-refractivity contribution in [3.8, 4) is 0 Å². The summed E-state index contributed by atoms with van der Waals surface area (Å²) < 4.78 is 25.9. The van der Waals surface area contributed by atoms with Crippen molar-refractivity contribution in [2.45, 2.75) is 114 Å². The van der Waals surface area contributed by atoms with Crippen molar-refractivity contribution in [1.29, 1.82) is 0 Å². The molecule has 0 unspecified atom stereocenters. The maximum absolute atomic E-state index is 9.77. The van der Waals surface area contributed by atoms with Crippen molar-refractivity contribution in [2.75, 3.05) is 33.0 Å². The highest BCUT2D eigenvalue weighted by Gasteiger charge is 2.48. The molecule has 0 saturated carbocycles. The number of hydrogen-bond acceptors (Lipinski definition) is 6. The second kappa shape index (κ2) is 18.6. The van der Waals surface area contributed by atoms with Gasteiger partial charge in [0.05, 0.1) is 23.7 Å². The molecule has 1 aromatic rings. The lowest BCUT2D eigenvalue weighted by Crippen LogP contribution is -2.55. The summed E-state index contributed by atoms with van der Waals surface area (Å²) in [6, 6.07) is 8.28. The van der Waals surface area contributed by atoms with Crippen LogP contribution in [-0.2, 0) is 25.6 Å². The number of ether oxygens (including phenoxy) is 4. The number of rotatable bonds is 19. The number of thioether (sulfide) groups is 1. The average Bonchev–Trinajstić information content (AvgIpc) is 2.88. The summed E-state index contributed by atoms with van der Waals surface area (Å²) in [5.74, 6) is 0. The summed E-state index contributed by atoms with van der Waals surface area (Å²) in [6.07, 6.45) is 8.23. The molecule has 0 aliphatic carbocycles. The lowest BCUT2D eigenvalue weighted by molar-refractivity contribution is -0.149. The van der Waals surface area contributed by atoms with Crippen LogP contribution in [0.5, 0.6) is 0 Å². The number of benzene rings is 1. The normalized spacial score (nSPS) is 24.7. The molecule has 0 amide bonds. The lowest BCUT2D eigenvalue weighted by Gasteiger charge is -2.46. The predicted molar refractivity (Wildman–Crippen MR) is 146 cm³/mol. The third-order valence-corrected chi connectivity index (χ3v) is 8.03. The van der Waals surface area contributed by atoms with Gasteiger partial charge in [0.15, 0.2) is 0 Å². The summed E-state index contributed by atoms with van der Waals surface area (Å²) in [5, 5.41) is 10.0. The van der Waals surface area contributed by atoms with E-state index in [1.165, 1.54) is 5.56 Å². The molecule has 1 N–H and O–H groups in total. The maximum atomic E-state index is 9.77. The minimum absolute atomic E-state index is 0.0370. The van der Waals surface area contributed by atoms with Gasteiger partial charge in [0.2, 0.25) is 0 Å². The van der Waals surface area contributed by atoms with Gasteiger partial charge in [-0.05, 0) is 36.8 Å². The van der Waals surface area contributed by atoms with E-state index in [0.717, 1.165) is 70.1 Å². The molecule has 1 heterocycles. The molecular weight excluding hydrogens is 460 g/mol. The largest absolute Gasteiger partial charge is 0.392 e. The van der Waals surface area contributed by atoms with Crippen LogP contribution >= 0.6 is 11.8 Å². The van der Waals surface area contributed by atoms with Gasteiger partial charge in [-0.15, -0.1) is 11.8 Å². The van der Waals surface area contributed by atoms with Crippen LogP contribution in [0.25, 0.3) is 0 Å². The summed E-state index contributed by atoms with van der Waals surface area (Å²) in [6.45, 7) is 12.4. The van der Waals surface area contributed by atoms with Crippen LogP contribution in [0.4, 0.5) is 0 Å². The first-order valence-corrected chi connectivity index (χ1v) is 14.9. The molecule has 1 aliphatic rings. The van der Waals surface area contributed by atoms with Gasteiger partial charge < -0.3 is 24.1 Å². The van der Waals surface area contributed by atoms with E-state index >= 15 is 0 Å². The highest BCUT2D eigenvalue weighted by molar-refractivity contribution is 8.00. The Balaban J connectivity index is 2.38. The van der Waals surface area contributed by atoms with E-state index in [1.807, 2.05) is 23.9 Å². The van der Waals surface area contributed by atoms with Crippen LogP contribution in [0.3, 0.4) is 0 Å². The van der Waals surface area contributed by atoms with Gasteiger partial charge in [0.1, 0.15) is 18.3 Å². The molecule has 1 fully saturated rings. The van der Waals surface area contributed by atoms with E-state index in [9.17, 15) is 5.11 Å². The standard InChI is InChI=1S/C29H50O5S/c1-5-9-16-31-22-25-26(32-17-10-6-2)27(33-18-11-7-3)28(34-19-12-8-4)29(35-25)24-15-13-14-23(20-24)21-30/h13-15,20,25-30H,5-12,16-19,21-22H2,1-4H3/t25-,26-,27+,28-,29+/m1/s1. The molecule has 1 aromatic carbocycles. The van der Waals surface area contributed by atoms with Gasteiger partial charge in [-0.1, -0.05) is 77.6 Å². The smallest absolute Gasteiger partial charge is 0.112 e. The fraction of sp³-hybridized carbons (Fsp3) is 0.793. The van der Waals surface area contributed by atoms with Gasteiger partial charge in [0.25, 0.3) is 0 Å². The Kier molecular flexibility index (Phi) is 16.2. The van der Waals surface area contributed by atoms with Crippen molar-refractivity contribution in [3.63, 3.8) is 0 Å². The molecule has 6 heteroatoms. The van der Waals surface area contributed by atoms with Crippen LogP contribution in [-0.4, -0.2) is 61.7 Å². The van der Waals surface area contributed by atoms with Gasteiger partial charge in [-0.3, -0.25) is 0 Å². The number of hydrogen-bond donors (Lipinski definition) is 1. The van der Waals surface area contributed by atoms with Crippen LogP contribution < -0.4 is 0 Å². The zero-order valence-corrected chi connectivity index (χ0v) is 23.4. The first-order valence-electron chi connectivity index (χ1n) is 14.0. The summed E-state index contributed by atoms with van der Waals surface area (Å²) in [4.78, 5) is 0. The van der Waals surface area contributed by atoms with Gasteiger partial charge >= 0.3 is 0 Å². The number of aliphatic hydroxyl groups is 1. The third kappa shape index (κ3) is 10.3. The molecule has 0 aromatic heterocycles. The summed E-state index contributed by atoms with van der Waals surface area (Å²) in [7, 11) is 0.